The fourth-order valence-corrected chi connectivity index (χ4v) is 3.15. The maximum atomic E-state index is 3.42. The predicted molar refractivity (Wildman–Crippen MR) is 95.1 cm³/mol. The molecule has 0 bridgehead atoms. The Kier molecular flexibility index (Phi) is 4.16. The van der Waals surface area contributed by atoms with Gasteiger partial charge < -0.3 is 14.8 Å². The smallest absolute Gasteiger partial charge is 0.0549 e. The fraction of sp³-hybridized carbons (Fsp3) is 0.263. The lowest BCUT2D eigenvalue weighted by atomic mass is 10.2. The van der Waals surface area contributed by atoms with Gasteiger partial charge in [-0.3, -0.25) is 0 Å². The molecule has 2 heterocycles. The zero-order valence-electron chi connectivity index (χ0n) is 12.0. The summed E-state index contributed by atoms with van der Waals surface area (Å²) in [6, 6.07) is 19.4. The summed E-state index contributed by atoms with van der Waals surface area (Å²) >= 11 is 0. The van der Waals surface area contributed by atoms with Crippen molar-refractivity contribution < 1.29 is 0 Å². The molecule has 0 aliphatic carbocycles. The van der Waals surface area contributed by atoms with Gasteiger partial charge in [0.05, 0.1) is 5.52 Å². The molecule has 114 valence electrons. The van der Waals surface area contributed by atoms with Crippen LogP contribution in [0.15, 0.2) is 60.8 Å². The Hall–Kier alpha value is -2.26. The molecule has 1 N–H and O–H groups in total. The van der Waals surface area contributed by atoms with Crippen LogP contribution in [0, 0.1) is 0 Å². The topological polar surface area (TPSA) is 20.2 Å². The largest absolute Gasteiger partial charge is 0.368 e. The molecule has 0 amide bonds. The van der Waals surface area contributed by atoms with Crippen molar-refractivity contribution in [3.8, 4) is 5.69 Å². The van der Waals surface area contributed by atoms with Crippen LogP contribution in [-0.2, 0) is 0 Å². The van der Waals surface area contributed by atoms with E-state index in [-0.39, 0.29) is 7.43 Å². The van der Waals surface area contributed by atoms with E-state index in [0.717, 1.165) is 26.2 Å². The van der Waals surface area contributed by atoms with Crippen molar-refractivity contribution in [3.63, 3.8) is 0 Å². The summed E-state index contributed by atoms with van der Waals surface area (Å²) in [6.07, 6.45) is 2.17. The van der Waals surface area contributed by atoms with E-state index < -0.39 is 0 Å². The van der Waals surface area contributed by atoms with Crippen molar-refractivity contribution in [2.75, 3.05) is 31.1 Å². The summed E-state index contributed by atoms with van der Waals surface area (Å²) < 4.78 is 2.26. The normalized spacial score (nSPS) is 14.8. The van der Waals surface area contributed by atoms with Crippen molar-refractivity contribution in [3.05, 3.63) is 60.8 Å². The van der Waals surface area contributed by atoms with Crippen molar-refractivity contribution >= 4 is 16.6 Å². The highest BCUT2D eigenvalue weighted by Gasteiger charge is 2.14. The summed E-state index contributed by atoms with van der Waals surface area (Å²) in [5, 5.41) is 4.75. The fourth-order valence-electron chi connectivity index (χ4n) is 3.15. The van der Waals surface area contributed by atoms with E-state index in [2.05, 4.69) is 75.6 Å². The number of para-hydroxylation sites is 1. The molecule has 1 aliphatic rings. The highest BCUT2D eigenvalue weighted by atomic mass is 15.2. The lowest BCUT2D eigenvalue weighted by Gasteiger charge is -2.30. The number of aromatic nitrogens is 1. The van der Waals surface area contributed by atoms with Gasteiger partial charge in [-0.15, -0.1) is 0 Å². The Labute approximate surface area is 132 Å². The second-order valence-electron chi connectivity index (χ2n) is 5.47. The Bertz CT molecular complexity index is 740. The number of hydrogen-bond acceptors (Lipinski definition) is 2. The lowest BCUT2D eigenvalue weighted by Crippen LogP contribution is -2.43. The Morgan fingerprint density at radius 2 is 1.59 bits per heavy atom. The van der Waals surface area contributed by atoms with Gasteiger partial charge in [0.2, 0.25) is 0 Å². The second kappa shape index (κ2) is 6.24. The van der Waals surface area contributed by atoms with E-state index in [4.69, 9.17) is 0 Å². The van der Waals surface area contributed by atoms with Crippen LogP contribution in [-0.4, -0.2) is 30.7 Å². The van der Waals surface area contributed by atoms with E-state index in [9.17, 15) is 0 Å². The maximum absolute atomic E-state index is 3.42. The molecule has 1 aromatic heterocycles. The Balaban J connectivity index is 0.00000144. The molecular formula is C19H23N3. The van der Waals surface area contributed by atoms with Gasteiger partial charge in [0.15, 0.2) is 0 Å². The first-order valence-corrected chi connectivity index (χ1v) is 7.55. The van der Waals surface area contributed by atoms with Crippen molar-refractivity contribution in [2.45, 2.75) is 7.43 Å². The van der Waals surface area contributed by atoms with Crippen LogP contribution in [0.2, 0.25) is 0 Å². The summed E-state index contributed by atoms with van der Waals surface area (Å²) in [7, 11) is 0. The molecule has 1 saturated heterocycles. The number of nitrogens with zero attached hydrogens (tertiary/aromatic N) is 2. The third-order valence-corrected chi connectivity index (χ3v) is 4.20. The monoisotopic (exact) mass is 293 g/mol. The van der Waals surface area contributed by atoms with Crippen molar-refractivity contribution in [2.24, 2.45) is 0 Å². The second-order valence-corrected chi connectivity index (χ2v) is 5.47. The van der Waals surface area contributed by atoms with Gasteiger partial charge in [0, 0.05) is 49.1 Å². The maximum Gasteiger partial charge on any atom is 0.0549 e. The van der Waals surface area contributed by atoms with Crippen LogP contribution in [0.3, 0.4) is 0 Å². The third-order valence-electron chi connectivity index (χ3n) is 4.20. The van der Waals surface area contributed by atoms with Gasteiger partial charge >= 0.3 is 0 Å². The molecule has 3 aromatic rings. The van der Waals surface area contributed by atoms with E-state index >= 15 is 0 Å². The van der Waals surface area contributed by atoms with Crippen molar-refractivity contribution in [1.29, 1.82) is 0 Å². The van der Waals surface area contributed by atoms with Crippen LogP contribution in [0.1, 0.15) is 7.43 Å². The van der Waals surface area contributed by atoms with Gasteiger partial charge in [0.1, 0.15) is 0 Å². The minimum atomic E-state index is 0. The zero-order chi connectivity index (χ0) is 14.1. The number of rotatable bonds is 2. The SMILES string of the molecule is C.c1ccc(-n2ccc3c(N4CCNCC4)cccc32)cc1. The molecule has 1 aliphatic heterocycles. The minimum Gasteiger partial charge on any atom is -0.368 e. The van der Waals surface area contributed by atoms with Crippen LogP contribution in [0.4, 0.5) is 5.69 Å². The first kappa shape index (κ1) is 14.7. The third kappa shape index (κ3) is 2.48. The summed E-state index contributed by atoms with van der Waals surface area (Å²) in [5.41, 5.74) is 3.84. The highest BCUT2D eigenvalue weighted by Crippen LogP contribution is 2.29. The van der Waals surface area contributed by atoms with Gasteiger partial charge in [-0.2, -0.15) is 0 Å². The number of benzene rings is 2. The van der Waals surface area contributed by atoms with Crippen LogP contribution < -0.4 is 10.2 Å². The molecule has 3 nitrogen and oxygen atoms in total. The predicted octanol–water partition coefficient (Wildman–Crippen LogP) is 3.68. The molecular weight excluding hydrogens is 270 g/mol. The minimum absolute atomic E-state index is 0. The number of fused-ring (bicyclic) bond motifs is 1. The summed E-state index contributed by atoms with van der Waals surface area (Å²) in [6.45, 7) is 4.29. The standard InChI is InChI=1S/C18H19N3.CH4/c1-2-5-15(6-3-1)21-12-9-16-17(7-4-8-18(16)21)20-13-10-19-11-14-20;/h1-9,12,19H,10-11,13-14H2;1H4. The van der Waals surface area contributed by atoms with E-state index in [1.54, 1.807) is 0 Å². The molecule has 0 saturated carbocycles. The summed E-state index contributed by atoms with van der Waals surface area (Å²) in [4.78, 5) is 2.48. The van der Waals surface area contributed by atoms with E-state index in [1.807, 2.05) is 0 Å². The average molecular weight is 293 g/mol. The average Bonchev–Trinajstić information content (AvgIpc) is 3.00. The number of anilines is 1. The number of piperazine rings is 1. The van der Waals surface area contributed by atoms with Gasteiger partial charge in [-0.1, -0.05) is 31.7 Å². The molecule has 0 atom stereocenters. The molecule has 1 fully saturated rings. The molecule has 2 aromatic carbocycles. The molecule has 3 heteroatoms. The molecule has 4 rings (SSSR count). The Morgan fingerprint density at radius 3 is 2.36 bits per heavy atom. The van der Waals surface area contributed by atoms with E-state index in [0.29, 0.717) is 0 Å². The zero-order valence-corrected chi connectivity index (χ0v) is 12.0. The first-order chi connectivity index (χ1) is 10.4. The van der Waals surface area contributed by atoms with Gasteiger partial charge in [-0.05, 0) is 30.3 Å². The first-order valence-electron chi connectivity index (χ1n) is 7.55. The molecule has 0 radical (unpaired) electrons. The highest BCUT2D eigenvalue weighted by molar-refractivity contribution is 5.94. The molecule has 22 heavy (non-hydrogen) atoms. The van der Waals surface area contributed by atoms with Crippen molar-refractivity contribution in [1.82, 2.24) is 9.88 Å². The lowest BCUT2D eigenvalue weighted by molar-refractivity contribution is 0.590. The van der Waals surface area contributed by atoms with Crippen LogP contribution >= 0.6 is 0 Å². The quantitative estimate of drug-likeness (QED) is 0.778. The molecule has 0 spiro atoms. The van der Waals surface area contributed by atoms with Gasteiger partial charge in [-0.25, -0.2) is 0 Å². The number of hydrogen-bond donors (Lipinski definition) is 1. The summed E-state index contributed by atoms with van der Waals surface area (Å²) in [5.74, 6) is 0. The Morgan fingerprint density at radius 1 is 0.818 bits per heavy atom. The molecule has 0 unspecified atom stereocenters. The van der Waals surface area contributed by atoms with Crippen LogP contribution in [0.5, 0.6) is 0 Å². The van der Waals surface area contributed by atoms with E-state index in [1.165, 1.54) is 22.3 Å². The number of nitrogens with one attached hydrogen (secondary N) is 1. The van der Waals surface area contributed by atoms with Crippen LogP contribution in [0.25, 0.3) is 16.6 Å². The van der Waals surface area contributed by atoms with Gasteiger partial charge in [0.25, 0.3) is 0 Å².